The number of imide groups is 1. The summed E-state index contributed by atoms with van der Waals surface area (Å²) in [6.07, 6.45) is 2.13. The molecule has 0 aromatic carbocycles. The normalized spacial score (nSPS) is 26.5. The van der Waals surface area contributed by atoms with E-state index < -0.39 is 23.3 Å². The molecule has 2 fully saturated rings. The maximum atomic E-state index is 12.5. The van der Waals surface area contributed by atoms with Crippen LogP contribution >= 0.6 is 11.8 Å². The molecule has 0 saturated carbocycles. The van der Waals surface area contributed by atoms with E-state index in [9.17, 15) is 24.4 Å². The molecule has 2 saturated heterocycles. The van der Waals surface area contributed by atoms with Crippen molar-refractivity contribution in [2.24, 2.45) is 0 Å². The van der Waals surface area contributed by atoms with Gasteiger partial charge >= 0.3 is 5.97 Å². The van der Waals surface area contributed by atoms with Crippen molar-refractivity contribution in [3.8, 4) is 6.07 Å². The first-order valence-corrected chi connectivity index (χ1v) is 9.38. The lowest BCUT2D eigenvalue weighted by Gasteiger charge is -2.35. The second-order valence-corrected chi connectivity index (χ2v) is 7.46. The minimum Gasteiger partial charge on any atom is -0.330 e. The van der Waals surface area contributed by atoms with E-state index in [0.29, 0.717) is 11.5 Å². The number of nitriles is 1. The van der Waals surface area contributed by atoms with E-state index in [2.05, 4.69) is 6.07 Å². The van der Waals surface area contributed by atoms with Crippen LogP contribution < -0.4 is 0 Å². The molecule has 2 unspecified atom stereocenters. The topological polar surface area (TPSA) is 108 Å². The maximum absolute atomic E-state index is 12.5. The Kier molecular flexibility index (Phi) is 5.72. The molecule has 2 heterocycles. The van der Waals surface area contributed by atoms with Crippen LogP contribution in [0.3, 0.4) is 0 Å². The van der Waals surface area contributed by atoms with Crippen molar-refractivity contribution in [1.29, 1.82) is 5.26 Å². The first kappa shape index (κ1) is 19.2. The second kappa shape index (κ2) is 7.44. The molecule has 2 aliphatic heterocycles. The lowest BCUT2D eigenvalue weighted by atomic mass is 9.91. The number of amides is 3. The molecule has 2 aliphatic rings. The lowest BCUT2D eigenvalue weighted by Crippen LogP contribution is -2.49. The third-order valence-corrected chi connectivity index (χ3v) is 5.39. The summed E-state index contributed by atoms with van der Waals surface area (Å²) in [5.74, 6) is -1.96. The molecule has 2 rings (SSSR count). The van der Waals surface area contributed by atoms with Gasteiger partial charge in [-0.05, 0) is 26.5 Å². The monoisotopic (exact) mass is 367 g/mol. The molecule has 8 nitrogen and oxygen atoms in total. The van der Waals surface area contributed by atoms with Gasteiger partial charge in [0, 0.05) is 25.3 Å². The molecule has 0 aromatic heterocycles. The SMILES string of the molecule is CSC1CC(C#N)(CCC(=O)ON2C(=O)CCC2=O)N(C(C)C)C1=O. The highest BCUT2D eigenvalue weighted by Gasteiger charge is 2.52. The van der Waals surface area contributed by atoms with E-state index >= 15 is 0 Å². The average Bonchev–Trinajstić information content (AvgIpc) is 3.04. The van der Waals surface area contributed by atoms with Crippen LogP contribution in [0.5, 0.6) is 0 Å². The summed E-state index contributed by atoms with van der Waals surface area (Å²) in [6.45, 7) is 3.65. The van der Waals surface area contributed by atoms with Crippen molar-refractivity contribution < 1.29 is 24.0 Å². The molecule has 0 bridgehead atoms. The highest BCUT2D eigenvalue weighted by molar-refractivity contribution is 7.99. The van der Waals surface area contributed by atoms with Gasteiger partial charge in [0.2, 0.25) is 5.91 Å². The van der Waals surface area contributed by atoms with Crippen molar-refractivity contribution >= 4 is 35.5 Å². The zero-order chi connectivity index (χ0) is 18.8. The highest BCUT2D eigenvalue weighted by Crippen LogP contribution is 2.40. The molecule has 0 aliphatic carbocycles. The number of rotatable bonds is 6. The minimum absolute atomic E-state index is 0.0271. The number of likely N-dealkylation sites (tertiary alicyclic amines) is 1. The molecular weight excluding hydrogens is 346 g/mol. The molecule has 0 spiro atoms. The van der Waals surface area contributed by atoms with Crippen LogP contribution in [-0.4, -0.2) is 56.7 Å². The van der Waals surface area contributed by atoms with Crippen LogP contribution in [0.4, 0.5) is 0 Å². The van der Waals surface area contributed by atoms with E-state index in [1.807, 2.05) is 20.1 Å². The molecule has 25 heavy (non-hydrogen) atoms. The Balaban J connectivity index is 2.07. The van der Waals surface area contributed by atoms with Gasteiger partial charge in [-0.3, -0.25) is 14.4 Å². The first-order chi connectivity index (χ1) is 11.8. The number of thioether (sulfide) groups is 1. The quantitative estimate of drug-likeness (QED) is 0.645. The summed E-state index contributed by atoms with van der Waals surface area (Å²) in [4.78, 5) is 53.9. The number of hydrogen-bond donors (Lipinski definition) is 0. The van der Waals surface area contributed by atoms with E-state index in [1.165, 1.54) is 16.7 Å². The van der Waals surface area contributed by atoms with Gasteiger partial charge < -0.3 is 9.74 Å². The molecule has 136 valence electrons. The standard InChI is InChI=1S/C16H21N3O5S/c1-10(2)18-15(23)11(25-3)8-16(18,9-17)7-6-14(22)24-19-12(20)4-5-13(19)21/h10-11H,4-8H2,1-3H3. The summed E-state index contributed by atoms with van der Waals surface area (Å²) < 4.78 is 0. The predicted octanol–water partition coefficient (Wildman–Crippen LogP) is 1.01. The van der Waals surface area contributed by atoms with Gasteiger partial charge in [-0.25, -0.2) is 4.79 Å². The van der Waals surface area contributed by atoms with Crippen molar-refractivity contribution in [2.45, 2.75) is 62.8 Å². The van der Waals surface area contributed by atoms with Gasteiger partial charge in [0.15, 0.2) is 0 Å². The molecule has 3 amide bonds. The van der Waals surface area contributed by atoms with E-state index in [0.717, 1.165) is 0 Å². The van der Waals surface area contributed by atoms with Crippen LogP contribution in [0.1, 0.15) is 46.0 Å². The van der Waals surface area contributed by atoms with Gasteiger partial charge in [-0.15, -0.1) is 5.06 Å². The van der Waals surface area contributed by atoms with E-state index in [1.54, 1.807) is 0 Å². The van der Waals surface area contributed by atoms with Crippen LogP contribution in [0.15, 0.2) is 0 Å². The van der Waals surface area contributed by atoms with Crippen molar-refractivity contribution in [1.82, 2.24) is 9.96 Å². The largest absolute Gasteiger partial charge is 0.333 e. The van der Waals surface area contributed by atoms with Gasteiger partial charge in [0.25, 0.3) is 11.8 Å². The highest BCUT2D eigenvalue weighted by atomic mass is 32.2. The van der Waals surface area contributed by atoms with Crippen LogP contribution in [0, 0.1) is 11.3 Å². The van der Waals surface area contributed by atoms with Gasteiger partial charge in [0.05, 0.1) is 17.7 Å². The fourth-order valence-electron chi connectivity index (χ4n) is 3.28. The number of carbonyl (C=O) groups excluding carboxylic acids is 4. The number of carbonyl (C=O) groups is 4. The van der Waals surface area contributed by atoms with Crippen LogP contribution in [0.2, 0.25) is 0 Å². The number of nitrogens with zero attached hydrogens (tertiary/aromatic N) is 3. The van der Waals surface area contributed by atoms with Crippen LogP contribution in [-0.2, 0) is 24.0 Å². The minimum atomic E-state index is -1.09. The fourth-order valence-corrected chi connectivity index (χ4v) is 4.04. The Labute approximate surface area is 150 Å². The average molecular weight is 367 g/mol. The van der Waals surface area contributed by atoms with Crippen molar-refractivity contribution in [3.63, 3.8) is 0 Å². The Morgan fingerprint density at radius 1 is 1.36 bits per heavy atom. The Bertz CT molecular complexity index is 628. The molecule has 0 radical (unpaired) electrons. The maximum Gasteiger partial charge on any atom is 0.333 e. The molecular formula is C16H21N3O5S. The fraction of sp³-hybridized carbons (Fsp3) is 0.688. The van der Waals surface area contributed by atoms with Gasteiger partial charge in [-0.1, -0.05) is 0 Å². The Morgan fingerprint density at radius 2 is 1.96 bits per heavy atom. The third-order valence-electron chi connectivity index (χ3n) is 4.45. The third kappa shape index (κ3) is 3.63. The first-order valence-electron chi connectivity index (χ1n) is 8.09. The summed E-state index contributed by atoms with van der Waals surface area (Å²) in [5, 5.41) is 9.90. The lowest BCUT2D eigenvalue weighted by molar-refractivity contribution is -0.197. The van der Waals surface area contributed by atoms with Crippen LogP contribution in [0.25, 0.3) is 0 Å². The number of hydrogen-bond acceptors (Lipinski definition) is 7. The van der Waals surface area contributed by atoms with Crippen molar-refractivity contribution in [3.05, 3.63) is 0 Å². The summed E-state index contributed by atoms with van der Waals surface area (Å²) in [7, 11) is 0. The second-order valence-electron chi connectivity index (χ2n) is 6.42. The Morgan fingerprint density at radius 3 is 2.44 bits per heavy atom. The van der Waals surface area contributed by atoms with Crippen molar-refractivity contribution in [2.75, 3.05) is 6.26 Å². The zero-order valence-corrected chi connectivity index (χ0v) is 15.3. The molecule has 0 N–H and O–H groups in total. The molecule has 0 aromatic rings. The van der Waals surface area contributed by atoms with E-state index in [-0.39, 0.29) is 42.9 Å². The molecule has 2 atom stereocenters. The smallest absolute Gasteiger partial charge is 0.330 e. The summed E-state index contributed by atoms with van der Waals surface area (Å²) in [5.41, 5.74) is -1.09. The number of hydroxylamine groups is 2. The Hall–Kier alpha value is -2.08. The molecule has 9 heteroatoms. The predicted molar refractivity (Wildman–Crippen MR) is 88.7 cm³/mol. The van der Waals surface area contributed by atoms with Gasteiger partial charge in [-0.2, -0.15) is 17.0 Å². The summed E-state index contributed by atoms with van der Waals surface area (Å²) in [6, 6.07) is 2.03. The van der Waals surface area contributed by atoms with E-state index in [4.69, 9.17) is 4.84 Å². The van der Waals surface area contributed by atoms with Gasteiger partial charge in [0.1, 0.15) is 5.54 Å². The summed E-state index contributed by atoms with van der Waals surface area (Å²) >= 11 is 1.38. The zero-order valence-electron chi connectivity index (χ0n) is 14.5.